The van der Waals surface area contributed by atoms with Gasteiger partial charge in [-0.25, -0.2) is 0 Å². The molecule has 0 aliphatic heterocycles. The van der Waals surface area contributed by atoms with Crippen molar-refractivity contribution in [3.8, 4) is 0 Å². The summed E-state index contributed by atoms with van der Waals surface area (Å²) in [7, 11) is 0. The van der Waals surface area contributed by atoms with Gasteiger partial charge in [-0.1, -0.05) is 48.5 Å². The minimum Gasteiger partial charge on any atom is -0.461 e. The van der Waals surface area contributed by atoms with Gasteiger partial charge in [-0.3, -0.25) is 4.79 Å². The summed E-state index contributed by atoms with van der Waals surface area (Å²) >= 11 is 0. The van der Waals surface area contributed by atoms with E-state index in [0.717, 1.165) is 22.3 Å². The number of benzene rings is 2. The van der Waals surface area contributed by atoms with Crippen LogP contribution in [0.1, 0.15) is 22.3 Å². The average molecular weight is 254 g/mol. The zero-order valence-electron chi connectivity index (χ0n) is 11.3. The van der Waals surface area contributed by atoms with Crippen molar-refractivity contribution < 1.29 is 9.53 Å². The minimum absolute atomic E-state index is 0.183. The lowest BCUT2D eigenvalue weighted by Gasteiger charge is -2.08. The summed E-state index contributed by atoms with van der Waals surface area (Å²) in [6.07, 6.45) is 0.332. The minimum atomic E-state index is -0.183. The van der Waals surface area contributed by atoms with E-state index < -0.39 is 0 Å². The van der Waals surface area contributed by atoms with E-state index in [1.807, 2.05) is 62.4 Å². The van der Waals surface area contributed by atoms with Crippen LogP contribution in [-0.4, -0.2) is 5.97 Å². The number of hydrogen-bond donors (Lipinski definition) is 0. The highest BCUT2D eigenvalue weighted by molar-refractivity contribution is 5.73. The van der Waals surface area contributed by atoms with Gasteiger partial charge in [-0.15, -0.1) is 0 Å². The van der Waals surface area contributed by atoms with Crippen molar-refractivity contribution in [2.24, 2.45) is 0 Å². The molecule has 0 bridgehead atoms. The smallest absolute Gasteiger partial charge is 0.310 e. The molecule has 0 saturated heterocycles. The Morgan fingerprint density at radius 3 is 2.00 bits per heavy atom. The third-order valence-corrected chi connectivity index (χ3v) is 3.25. The van der Waals surface area contributed by atoms with E-state index in [-0.39, 0.29) is 5.97 Å². The van der Waals surface area contributed by atoms with Crippen molar-refractivity contribution in [2.45, 2.75) is 26.9 Å². The summed E-state index contributed by atoms with van der Waals surface area (Å²) in [5, 5.41) is 0. The molecular formula is C17H18O2. The molecule has 2 heteroatoms. The number of hydrogen-bond acceptors (Lipinski definition) is 2. The van der Waals surface area contributed by atoms with Gasteiger partial charge in [0.2, 0.25) is 0 Å². The molecule has 2 aromatic rings. The Labute approximate surface area is 114 Å². The molecular weight excluding hydrogens is 236 g/mol. The molecule has 2 rings (SSSR count). The Kier molecular flexibility index (Phi) is 4.35. The van der Waals surface area contributed by atoms with E-state index in [4.69, 9.17) is 4.74 Å². The standard InChI is InChI=1S/C17H18O2/c1-13-7-3-5-9-15(13)11-17(18)19-12-16-10-6-4-8-14(16)2/h3-10H,11-12H2,1-2H3. The van der Waals surface area contributed by atoms with Crippen molar-refractivity contribution in [3.05, 3.63) is 70.8 Å². The molecule has 0 aliphatic rings. The summed E-state index contributed by atoms with van der Waals surface area (Å²) in [5.74, 6) is -0.183. The van der Waals surface area contributed by atoms with Crippen molar-refractivity contribution in [2.75, 3.05) is 0 Å². The molecule has 98 valence electrons. The van der Waals surface area contributed by atoms with Gasteiger partial charge in [0.05, 0.1) is 6.42 Å². The molecule has 0 aliphatic carbocycles. The Bertz CT molecular complexity index is 573. The van der Waals surface area contributed by atoms with Crippen molar-refractivity contribution >= 4 is 5.97 Å². The summed E-state index contributed by atoms with van der Waals surface area (Å²) in [5.41, 5.74) is 4.35. The number of ether oxygens (including phenoxy) is 1. The van der Waals surface area contributed by atoms with Gasteiger partial charge in [0, 0.05) is 0 Å². The zero-order valence-corrected chi connectivity index (χ0v) is 11.3. The van der Waals surface area contributed by atoms with Gasteiger partial charge < -0.3 is 4.74 Å². The Hall–Kier alpha value is -2.09. The van der Waals surface area contributed by atoms with Crippen molar-refractivity contribution in [1.82, 2.24) is 0 Å². The first-order chi connectivity index (χ1) is 9.16. The maximum atomic E-state index is 11.8. The second-order valence-corrected chi connectivity index (χ2v) is 4.69. The van der Waals surface area contributed by atoms with Gasteiger partial charge in [0.15, 0.2) is 0 Å². The zero-order chi connectivity index (χ0) is 13.7. The van der Waals surface area contributed by atoms with Crippen LogP contribution in [0.5, 0.6) is 0 Å². The van der Waals surface area contributed by atoms with E-state index in [1.54, 1.807) is 0 Å². The number of carbonyl (C=O) groups excluding carboxylic acids is 1. The largest absolute Gasteiger partial charge is 0.461 e. The Morgan fingerprint density at radius 2 is 1.42 bits per heavy atom. The Morgan fingerprint density at radius 1 is 0.895 bits per heavy atom. The van der Waals surface area contributed by atoms with E-state index in [0.29, 0.717) is 13.0 Å². The Balaban J connectivity index is 1.92. The highest BCUT2D eigenvalue weighted by Gasteiger charge is 2.07. The maximum absolute atomic E-state index is 11.8. The van der Waals surface area contributed by atoms with Crippen molar-refractivity contribution in [3.63, 3.8) is 0 Å². The second-order valence-electron chi connectivity index (χ2n) is 4.69. The molecule has 2 aromatic carbocycles. The lowest BCUT2D eigenvalue weighted by molar-refractivity contribution is -0.144. The topological polar surface area (TPSA) is 26.3 Å². The fraction of sp³-hybridized carbons (Fsp3) is 0.235. The lowest BCUT2D eigenvalue weighted by Crippen LogP contribution is -2.09. The molecule has 0 unspecified atom stereocenters. The molecule has 19 heavy (non-hydrogen) atoms. The summed E-state index contributed by atoms with van der Waals surface area (Å²) in [6, 6.07) is 15.8. The molecule has 0 fully saturated rings. The predicted octanol–water partition coefficient (Wildman–Crippen LogP) is 3.59. The highest BCUT2D eigenvalue weighted by Crippen LogP contribution is 2.11. The van der Waals surface area contributed by atoms with Gasteiger partial charge in [0.25, 0.3) is 0 Å². The third kappa shape index (κ3) is 3.68. The average Bonchev–Trinajstić information content (AvgIpc) is 2.40. The first-order valence-corrected chi connectivity index (χ1v) is 6.41. The van der Waals surface area contributed by atoms with E-state index in [1.165, 1.54) is 0 Å². The third-order valence-electron chi connectivity index (χ3n) is 3.25. The van der Waals surface area contributed by atoms with Crippen LogP contribution in [0.4, 0.5) is 0 Å². The molecule has 0 radical (unpaired) electrons. The first-order valence-electron chi connectivity index (χ1n) is 6.41. The second kappa shape index (κ2) is 6.19. The summed E-state index contributed by atoms with van der Waals surface area (Å²) in [4.78, 5) is 11.8. The van der Waals surface area contributed by atoms with E-state index in [9.17, 15) is 4.79 Å². The fourth-order valence-corrected chi connectivity index (χ4v) is 1.95. The van der Waals surface area contributed by atoms with Gasteiger partial charge in [-0.05, 0) is 36.1 Å². The van der Waals surface area contributed by atoms with E-state index in [2.05, 4.69) is 0 Å². The first kappa shape index (κ1) is 13.3. The molecule has 0 N–H and O–H groups in total. The SMILES string of the molecule is Cc1ccccc1COC(=O)Cc1ccccc1C. The van der Waals surface area contributed by atoms with Crippen LogP contribution in [0.3, 0.4) is 0 Å². The van der Waals surface area contributed by atoms with Crippen LogP contribution in [0.25, 0.3) is 0 Å². The molecule has 0 amide bonds. The lowest BCUT2D eigenvalue weighted by atomic mass is 10.1. The number of aryl methyl sites for hydroxylation is 2. The quantitative estimate of drug-likeness (QED) is 0.779. The van der Waals surface area contributed by atoms with Gasteiger partial charge in [-0.2, -0.15) is 0 Å². The van der Waals surface area contributed by atoms with Crippen LogP contribution >= 0.6 is 0 Å². The normalized spacial score (nSPS) is 10.2. The summed E-state index contributed by atoms with van der Waals surface area (Å²) < 4.78 is 5.33. The summed E-state index contributed by atoms with van der Waals surface area (Å²) in [6.45, 7) is 4.37. The molecule has 0 saturated carbocycles. The number of rotatable bonds is 4. The molecule has 0 heterocycles. The molecule has 0 spiro atoms. The fourth-order valence-electron chi connectivity index (χ4n) is 1.95. The maximum Gasteiger partial charge on any atom is 0.310 e. The predicted molar refractivity (Wildman–Crippen MR) is 75.9 cm³/mol. The molecule has 0 aromatic heterocycles. The molecule has 2 nitrogen and oxygen atoms in total. The monoisotopic (exact) mass is 254 g/mol. The highest BCUT2D eigenvalue weighted by atomic mass is 16.5. The number of esters is 1. The van der Waals surface area contributed by atoms with Crippen LogP contribution in [-0.2, 0) is 22.6 Å². The van der Waals surface area contributed by atoms with Crippen LogP contribution < -0.4 is 0 Å². The van der Waals surface area contributed by atoms with Crippen molar-refractivity contribution in [1.29, 1.82) is 0 Å². The number of carbonyl (C=O) groups is 1. The van der Waals surface area contributed by atoms with Crippen LogP contribution in [0.2, 0.25) is 0 Å². The van der Waals surface area contributed by atoms with E-state index >= 15 is 0 Å². The molecule has 0 atom stereocenters. The van der Waals surface area contributed by atoms with Crippen LogP contribution in [0, 0.1) is 13.8 Å². The van der Waals surface area contributed by atoms with Gasteiger partial charge >= 0.3 is 5.97 Å². The van der Waals surface area contributed by atoms with Gasteiger partial charge in [0.1, 0.15) is 6.61 Å². The van der Waals surface area contributed by atoms with Crippen LogP contribution in [0.15, 0.2) is 48.5 Å².